The zero-order valence-electron chi connectivity index (χ0n) is 11.4. The molecule has 1 atom stereocenters. The summed E-state index contributed by atoms with van der Waals surface area (Å²) in [6.07, 6.45) is 3.98. The van der Waals surface area contributed by atoms with Crippen LogP contribution in [0.4, 0.5) is 5.82 Å². The van der Waals surface area contributed by atoms with Crippen LogP contribution >= 0.6 is 0 Å². The quantitative estimate of drug-likeness (QED) is 0.816. The van der Waals surface area contributed by atoms with E-state index in [1.807, 2.05) is 12.1 Å². The van der Waals surface area contributed by atoms with Crippen molar-refractivity contribution in [2.24, 2.45) is 0 Å². The lowest BCUT2D eigenvalue weighted by molar-refractivity contribution is 0.0965. The largest absolute Gasteiger partial charge is 0.391 e. The Balaban J connectivity index is 1.59. The smallest absolute Gasteiger partial charge is 0.255 e. The number of pyridine rings is 1. The molecule has 2 N–H and O–H groups in total. The summed E-state index contributed by atoms with van der Waals surface area (Å²) in [5, 5.41) is 16.7. The number of fused-ring (bicyclic) bond motifs is 1. The van der Waals surface area contributed by atoms with Crippen LogP contribution in [-0.2, 0) is 6.54 Å². The Labute approximate surface area is 121 Å². The van der Waals surface area contributed by atoms with Crippen molar-refractivity contribution in [1.29, 1.82) is 0 Å². The molecule has 4 heterocycles. The van der Waals surface area contributed by atoms with Crippen LogP contribution in [0, 0.1) is 0 Å². The summed E-state index contributed by atoms with van der Waals surface area (Å²) < 4.78 is 1.68. The molecule has 2 aromatic rings. The molecule has 7 nitrogen and oxygen atoms in total. The van der Waals surface area contributed by atoms with Crippen molar-refractivity contribution >= 4 is 11.7 Å². The maximum atomic E-state index is 11.6. The molecular formula is C14H15N5O2. The summed E-state index contributed by atoms with van der Waals surface area (Å²) in [6, 6.07) is 3.84. The van der Waals surface area contributed by atoms with E-state index in [1.165, 1.54) is 0 Å². The molecule has 2 aliphatic rings. The van der Waals surface area contributed by atoms with Crippen molar-refractivity contribution < 1.29 is 9.90 Å². The van der Waals surface area contributed by atoms with Crippen LogP contribution < -0.4 is 10.2 Å². The van der Waals surface area contributed by atoms with Crippen molar-refractivity contribution in [3.8, 4) is 5.69 Å². The van der Waals surface area contributed by atoms with E-state index in [9.17, 15) is 9.90 Å². The van der Waals surface area contributed by atoms with Crippen LogP contribution in [0.3, 0.4) is 0 Å². The van der Waals surface area contributed by atoms with Crippen molar-refractivity contribution in [3.05, 3.63) is 35.8 Å². The van der Waals surface area contributed by atoms with Gasteiger partial charge < -0.3 is 15.3 Å². The number of carbonyl (C=O) groups is 1. The van der Waals surface area contributed by atoms with Gasteiger partial charge in [0, 0.05) is 19.3 Å². The van der Waals surface area contributed by atoms with Gasteiger partial charge in [0.05, 0.1) is 35.8 Å². The van der Waals surface area contributed by atoms with Gasteiger partial charge in [-0.15, -0.1) is 0 Å². The zero-order valence-corrected chi connectivity index (χ0v) is 11.4. The van der Waals surface area contributed by atoms with E-state index in [1.54, 1.807) is 17.1 Å². The molecule has 2 aromatic heterocycles. The van der Waals surface area contributed by atoms with Gasteiger partial charge in [-0.3, -0.25) is 4.79 Å². The highest BCUT2D eigenvalue weighted by molar-refractivity contribution is 5.97. The van der Waals surface area contributed by atoms with Gasteiger partial charge in [-0.05, 0) is 18.6 Å². The van der Waals surface area contributed by atoms with E-state index in [0.29, 0.717) is 18.7 Å². The van der Waals surface area contributed by atoms with Gasteiger partial charge in [0.2, 0.25) is 0 Å². The summed E-state index contributed by atoms with van der Waals surface area (Å²) in [5.41, 5.74) is 2.22. The molecule has 0 aromatic carbocycles. The fraction of sp³-hybridized carbons (Fsp3) is 0.357. The first-order valence-corrected chi connectivity index (χ1v) is 6.97. The van der Waals surface area contributed by atoms with Crippen LogP contribution in [0.15, 0.2) is 24.5 Å². The number of aromatic nitrogens is 3. The average molecular weight is 285 g/mol. The highest BCUT2D eigenvalue weighted by atomic mass is 16.3. The monoisotopic (exact) mass is 285 g/mol. The number of amides is 1. The van der Waals surface area contributed by atoms with E-state index in [2.05, 4.69) is 20.3 Å². The number of nitrogens with one attached hydrogen (secondary N) is 1. The summed E-state index contributed by atoms with van der Waals surface area (Å²) in [6.45, 7) is 1.94. The predicted octanol–water partition coefficient (Wildman–Crippen LogP) is 0.0817. The standard InChI is InChI=1S/C14H15N5O2/c20-10-3-4-18(7-10)13-2-1-9(5-15-13)19-8-11-12(17-19)6-16-14(11)21/h1-2,5,8,10,20H,3-4,6-7H2,(H,16,21)/t10-/m0/s1. The van der Waals surface area contributed by atoms with Gasteiger partial charge in [-0.2, -0.15) is 5.10 Å². The Kier molecular flexibility index (Phi) is 2.68. The fourth-order valence-corrected chi connectivity index (χ4v) is 2.77. The Morgan fingerprint density at radius 3 is 2.95 bits per heavy atom. The second-order valence-electron chi connectivity index (χ2n) is 5.38. The Hall–Kier alpha value is -2.41. The minimum Gasteiger partial charge on any atom is -0.391 e. The Morgan fingerprint density at radius 1 is 1.38 bits per heavy atom. The van der Waals surface area contributed by atoms with Gasteiger partial charge in [-0.25, -0.2) is 9.67 Å². The molecule has 4 rings (SSSR count). The van der Waals surface area contributed by atoms with Gasteiger partial charge in [0.1, 0.15) is 5.82 Å². The van der Waals surface area contributed by atoms with Gasteiger partial charge in [-0.1, -0.05) is 0 Å². The maximum Gasteiger partial charge on any atom is 0.255 e. The Bertz CT molecular complexity index is 694. The lowest BCUT2D eigenvalue weighted by Gasteiger charge is -2.16. The Morgan fingerprint density at radius 2 is 2.29 bits per heavy atom. The van der Waals surface area contributed by atoms with Crippen molar-refractivity contribution in [2.75, 3.05) is 18.0 Å². The maximum absolute atomic E-state index is 11.6. The first kappa shape index (κ1) is 12.3. The number of aliphatic hydroxyl groups is 1. The summed E-state index contributed by atoms with van der Waals surface area (Å²) >= 11 is 0. The number of carbonyl (C=O) groups excluding carboxylic acids is 1. The van der Waals surface area contributed by atoms with E-state index in [0.717, 1.165) is 30.2 Å². The average Bonchev–Trinajstić information content (AvgIpc) is 3.17. The second-order valence-corrected chi connectivity index (χ2v) is 5.38. The molecule has 1 saturated heterocycles. The third-order valence-corrected chi connectivity index (χ3v) is 3.94. The third kappa shape index (κ3) is 2.06. The minimum absolute atomic E-state index is 0.0770. The van der Waals surface area contributed by atoms with Crippen molar-refractivity contribution in [3.63, 3.8) is 0 Å². The zero-order chi connectivity index (χ0) is 14.4. The lowest BCUT2D eigenvalue weighted by Crippen LogP contribution is -2.22. The number of aliphatic hydroxyl groups excluding tert-OH is 1. The number of nitrogens with zero attached hydrogens (tertiary/aromatic N) is 4. The van der Waals surface area contributed by atoms with E-state index < -0.39 is 0 Å². The van der Waals surface area contributed by atoms with E-state index in [4.69, 9.17) is 0 Å². The molecule has 0 aliphatic carbocycles. The van der Waals surface area contributed by atoms with E-state index >= 15 is 0 Å². The molecule has 108 valence electrons. The molecule has 1 fully saturated rings. The first-order valence-electron chi connectivity index (χ1n) is 6.97. The van der Waals surface area contributed by atoms with Crippen molar-refractivity contribution in [1.82, 2.24) is 20.1 Å². The fourth-order valence-electron chi connectivity index (χ4n) is 2.77. The summed E-state index contributed by atoms with van der Waals surface area (Å²) in [5.74, 6) is 0.777. The number of anilines is 1. The van der Waals surface area contributed by atoms with Crippen LogP contribution in [-0.4, -0.2) is 45.0 Å². The topological polar surface area (TPSA) is 83.3 Å². The number of rotatable bonds is 2. The molecule has 2 aliphatic heterocycles. The molecule has 0 saturated carbocycles. The normalized spacial score (nSPS) is 20.7. The third-order valence-electron chi connectivity index (χ3n) is 3.94. The SMILES string of the molecule is O=C1NCc2nn(-c3ccc(N4CC[C@H](O)C4)nc3)cc21. The van der Waals surface area contributed by atoms with Gasteiger partial charge in [0.15, 0.2) is 0 Å². The molecular weight excluding hydrogens is 270 g/mol. The predicted molar refractivity (Wildman–Crippen MR) is 75.4 cm³/mol. The van der Waals surface area contributed by atoms with Crippen LogP contribution in [0.25, 0.3) is 5.69 Å². The molecule has 0 radical (unpaired) electrons. The number of hydrogen-bond donors (Lipinski definition) is 2. The van der Waals surface area contributed by atoms with Gasteiger partial charge in [0.25, 0.3) is 5.91 Å². The molecule has 0 bridgehead atoms. The highest BCUT2D eigenvalue weighted by Gasteiger charge is 2.24. The highest BCUT2D eigenvalue weighted by Crippen LogP contribution is 2.20. The second kappa shape index (κ2) is 4.56. The minimum atomic E-state index is -0.265. The molecule has 0 unspecified atom stereocenters. The molecule has 1 amide bonds. The number of β-amino-alcohol motifs (C(OH)–C–C–N with tert-alkyl or cyclic N) is 1. The summed E-state index contributed by atoms with van der Waals surface area (Å²) in [7, 11) is 0. The first-order chi connectivity index (χ1) is 10.2. The van der Waals surface area contributed by atoms with Crippen LogP contribution in [0.1, 0.15) is 22.5 Å². The summed E-state index contributed by atoms with van der Waals surface area (Å²) in [4.78, 5) is 18.0. The lowest BCUT2D eigenvalue weighted by atomic mass is 10.3. The van der Waals surface area contributed by atoms with E-state index in [-0.39, 0.29) is 12.0 Å². The number of hydrogen-bond acceptors (Lipinski definition) is 5. The molecule has 0 spiro atoms. The van der Waals surface area contributed by atoms with Crippen LogP contribution in [0.5, 0.6) is 0 Å². The molecule has 21 heavy (non-hydrogen) atoms. The van der Waals surface area contributed by atoms with Gasteiger partial charge >= 0.3 is 0 Å². The molecule has 7 heteroatoms. The van der Waals surface area contributed by atoms with Crippen molar-refractivity contribution in [2.45, 2.75) is 19.1 Å². The van der Waals surface area contributed by atoms with Crippen LogP contribution in [0.2, 0.25) is 0 Å².